The molecular formula is C18H17N5OS. The Morgan fingerprint density at radius 1 is 1.24 bits per heavy atom. The van der Waals surface area contributed by atoms with Crippen LogP contribution in [0.4, 0.5) is 11.6 Å². The highest BCUT2D eigenvalue weighted by atomic mass is 32.2. The molecule has 0 radical (unpaired) electrons. The first-order chi connectivity index (χ1) is 12.2. The number of aryl methyl sites for hydroxylation is 1. The number of thioether (sulfide) groups is 1. The maximum absolute atomic E-state index is 8.86. The molecule has 7 heteroatoms. The fourth-order valence-corrected chi connectivity index (χ4v) is 3.13. The van der Waals surface area contributed by atoms with Crippen molar-refractivity contribution < 1.29 is 4.52 Å². The molecule has 0 spiro atoms. The molecule has 0 atom stereocenters. The molecule has 3 aromatic rings. The van der Waals surface area contributed by atoms with Gasteiger partial charge in [0, 0.05) is 11.9 Å². The smallest absolute Gasteiger partial charge is 0.227 e. The van der Waals surface area contributed by atoms with Crippen LogP contribution in [0.25, 0.3) is 11.3 Å². The van der Waals surface area contributed by atoms with Crippen LogP contribution in [0.5, 0.6) is 0 Å². The molecular weight excluding hydrogens is 334 g/mol. The quantitative estimate of drug-likeness (QED) is 0.651. The van der Waals surface area contributed by atoms with E-state index in [1.54, 1.807) is 30.1 Å². The van der Waals surface area contributed by atoms with Crippen LogP contribution in [0.2, 0.25) is 0 Å². The zero-order chi connectivity index (χ0) is 17.6. The lowest BCUT2D eigenvalue weighted by Gasteiger charge is -2.07. The molecule has 6 nitrogen and oxygen atoms in total. The minimum atomic E-state index is 0.481. The molecule has 0 aliphatic rings. The molecule has 2 heterocycles. The van der Waals surface area contributed by atoms with Gasteiger partial charge in [0.1, 0.15) is 10.8 Å². The molecule has 2 aromatic heterocycles. The SMILES string of the molecule is CCCSc1noc(C)c1-c1ccnc(Nc2ccc(C#N)cc2)n1. The second kappa shape index (κ2) is 7.81. The molecule has 0 saturated carbocycles. The third-order valence-corrected chi connectivity index (χ3v) is 4.62. The van der Waals surface area contributed by atoms with Crippen LogP contribution in [0.15, 0.2) is 46.1 Å². The number of anilines is 2. The van der Waals surface area contributed by atoms with Crippen molar-refractivity contribution in [1.29, 1.82) is 5.26 Å². The largest absolute Gasteiger partial charge is 0.360 e. The summed E-state index contributed by atoms with van der Waals surface area (Å²) in [5, 5.41) is 17.0. The fraction of sp³-hybridized carbons (Fsp3) is 0.222. The summed E-state index contributed by atoms with van der Waals surface area (Å²) in [6, 6.07) is 11.1. The summed E-state index contributed by atoms with van der Waals surface area (Å²) in [6.45, 7) is 4.01. The molecule has 0 aliphatic carbocycles. The van der Waals surface area contributed by atoms with Gasteiger partial charge >= 0.3 is 0 Å². The Bertz CT molecular complexity index is 899. The van der Waals surface area contributed by atoms with Crippen molar-refractivity contribution in [2.75, 3.05) is 11.1 Å². The minimum absolute atomic E-state index is 0.481. The minimum Gasteiger partial charge on any atom is -0.360 e. The molecule has 0 amide bonds. The first kappa shape index (κ1) is 17.0. The van der Waals surface area contributed by atoms with Crippen LogP contribution in [0, 0.1) is 18.3 Å². The normalized spacial score (nSPS) is 10.4. The van der Waals surface area contributed by atoms with Gasteiger partial charge in [0.2, 0.25) is 5.95 Å². The van der Waals surface area contributed by atoms with E-state index in [0.717, 1.165) is 39.9 Å². The van der Waals surface area contributed by atoms with Gasteiger partial charge in [-0.3, -0.25) is 0 Å². The number of aromatic nitrogens is 3. The standard InChI is InChI=1S/C18H17N5OS/c1-3-10-25-17-16(12(2)24-23-17)15-8-9-20-18(22-15)21-14-6-4-13(11-19)5-7-14/h4-9H,3,10H2,1-2H3,(H,20,21,22). The van der Waals surface area contributed by atoms with E-state index in [9.17, 15) is 0 Å². The number of benzene rings is 1. The van der Waals surface area contributed by atoms with Crippen LogP contribution >= 0.6 is 11.8 Å². The zero-order valence-electron chi connectivity index (χ0n) is 14.0. The lowest BCUT2D eigenvalue weighted by Crippen LogP contribution is -1.98. The Morgan fingerprint density at radius 3 is 2.76 bits per heavy atom. The third-order valence-electron chi connectivity index (χ3n) is 3.46. The number of hydrogen-bond donors (Lipinski definition) is 1. The second-order valence-corrected chi connectivity index (χ2v) is 6.43. The van der Waals surface area contributed by atoms with Crippen molar-refractivity contribution in [2.24, 2.45) is 0 Å². The second-order valence-electron chi connectivity index (χ2n) is 5.35. The van der Waals surface area contributed by atoms with Gasteiger partial charge < -0.3 is 9.84 Å². The average molecular weight is 351 g/mol. The van der Waals surface area contributed by atoms with Crippen molar-refractivity contribution in [1.82, 2.24) is 15.1 Å². The summed E-state index contributed by atoms with van der Waals surface area (Å²) < 4.78 is 5.35. The van der Waals surface area contributed by atoms with Gasteiger partial charge in [0.05, 0.1) is 22.9 Å². The van der Waals surface area contributed by atoms with Gasteiger partial charge in [0.15, 0.2) is 0 Å². The van der Waals surface area contributed by atoms with E-state index in [1.165, 1.54) is 0 Å². The number of nitrogens with one attached hydrogen (secondary N) is 1. The molecule has 25 heavy (non-hydrogen) atoms. The Kier molecular flexibility index (Phi) is 5.31. The van der Waals surface area contributed by atoms with Gasteiger partial charge in [-0.2, -0.15) is 5.26 Å². The lowest BCUT2D eigenvalue weighted by molar-refractivity contribution is 0.384. The maximum atomic E-state index is 8.86. The Morgan fingerprint density at radius 2 is 2.04 bits per heavy atom. The zero-order valence-corrected chi connectivity index (χ0v) is 14.8. The van der Waals surface area contributed by atoms with Crippen LogP contribution in [0.1, 0.15) is 24.7 Å². The molecule has 0 bridgehead atoms. The van der Waals surface area contributed by atoms with Gasteiger partial charge in [-0.1, -0.05) is 12.1 Å². The summed E-state index contributed by atoms with van der Waals surface area (Å²) in [7, 11) is 0. The van der Waals surface area contributed by atoms with Crippen molar-refractivity contribution in [3.8, 4) is 17.3 Å². The number of hydrogen-bond acceptors (Lipinski definition) is 7. The van der Waals surface area contributed by atoms with E-state index in [2.05, 4.69) is 33.4 Å². The molecule has 3 rings (SSSR count). The molecule has 0 unspecified atom stereocenters. The lowest BCUT2D eigenvalue weighted by atomic mass is 10.2. The van der Waals surface area contributed by atoms with Gasteiger partial charge in [-0.05, 0) is 49.4 Å². The number of rotatable bonds is 6. The molecule has 1 aromatic carbocycles. The topological polar surface area (TPSA) is 87.6 Å². The van der Waals surface area contributed by atoms with E-state index in [1.807, 2.05) is 25.1 Å². The molecule has 0 fully saturated rings. The summed E-state index contributed by atoms with van der Waals surface area (Å²) in [6.07, 6.45) is 2.76. The Labute approximate surface area is 150 Å². The number of nitrogens with zero attached hydrogens (tertiary/aromatic N) is 4. The van der Waals surface area contributed by atoms with E-state index in [4.69, 9.17) is 9.78 Å². The van der Waals surface area contributed by atoms with Crippen molar-refractivity contribution in [3.05, 3.63) is 47.9 Å². The van der Waals surface area contributed by atoms with Crippen molar-refractivity contribution in [3.63, 3.8) is 0 Å². The predicted octanol–water partition coefficient (Wildman–Crippen LogP) is 4.56. The molecule has 1 N–H and O–H groups in total. The van der Waals surface area contributed by atoms with Gasteiger partial charge in [-0.25, -0.2) is 9.97 Å². The van der Waals surface area contributed by atoms with Crippen molar-refractivity contribution in [2.45, 2.75) is 25.3 Å². The predicted molar refractivity (Wildman–Crippen MR) is 97.7 cm³/mol. The van der Waals surface area contributed by atoms with E-state index >= 15 is 0 Å². The van der Waals surface area contributed by atoms with Gasteiger partial charge in [-0.15, -0.1) is 11.8 Å². The first-order valence-corrected chi connectivity index (χ1v) is 8.89. The fourth-order valence-electron chi connectivity index (χ4n) is 2.25. The van der Waals surface area contributed by atoms with Crippen molar-refractivity contribution >= 4 is 23.4 Å². The molecule has 0 aliphatic heterocycles. The molecule has 0 saturated heterocycles. The van der Waals surface area contributed by atoms with Crippen LogP contribution in [-0.2, 0) is 0 Å². The van der Waals surface area contributed by atoms with E-state index in [0.29, 0.717) is 11.5 Å². The summed E-state index contributed by atoms with van der Waals surface area (Å²) in [4.78, 5) is 8.85. The Balaban J connectivity index is 1.86. The van der Waals surface area contributed by atoms with E-state index < -0.39 is 0 Å². The van der Waals surface area contributed by atoms with Crippen LogP contribution in [-0.4, -0.2) is 20.9 Å². The highest BCUT2D eigenvalue weighted by Gasteiger charge is 2.17. The highest BCUT2D eigenvalue weighted by Crippen LogP contribution is 2.33. The van der Waals surface area contributed by atoms with Gasteiger partial charge in [0.25, 0.3) is 0 Å². The maximum Gasteiger partial charge on any atom is 0.227 e. The summed E-state index contributed by atoms with van der Waals surface area (Å²) in [5.74, 6) is 2.19. The van der Waals surface area contributed by atoms with Crippen LogP contribution < -0.4 is 5.32 Å². The molecule has 126 valence electrons. The summed E-state index contributed by atoms with van der Waals surface area (Å²) >= 11 is 1.66. The summed E-state index contributed by atoms with van der Waals surface area (Å²) in [5.41, 5.74) is 3.10. The third kappa shape index (κ3) is 3.98. The number of nitriles is 1. The van der Waals surface area contributed by atoms with Crippen LogP contribution in [0.3, 0.4) is 0 Å². The highest BCUT2D eigenvalue weighted by molar-refractivity contribution is 7.99. The average Bonchev–Trinajstić information content (AvgIpc) is 3.01. The Hall–Kier alpha value is -2.85. The van der Waals surface area contributed by atoms with E-state index in [-0.39, 0.29) is 0 Å². The monoisotopic (exact) mass is 351 g/mol. The first-order valence-electron chi connectivity index (χ1n) is 7.91.